The van der Waals surface area contributed by atoms with Gasteiger partial charge in [-0.2, -0.15) is 4.98 Å². The monoisotopic (exact) mass is 481 g/mol. The molecule has 34 heavy (non-hydrogen) atoms. The minimum Gasteiger partial charge on any atom is -0.494 e. The molecule has 176 valence electrons. The van der Waals surface area contributed by atoms with Crippen LogP contribution in [0.4, 0.5) is 11.6 Å². The number of aliphatic hydroxyl groups is 1. The number of β-amino-alcohol motifs (C(OH)–C–C–N with tert-alkyl or cyclic N) is 1. The quantitative estimate of drug-likeness (QED) is 0.470. The zero-order valence-electron chi connectivity index (χ0n) is 18.8. The van der Waals surface area contributed by atoms with Crippen LogP contribution in [-0.2, 0) is 20.1 Å². The van der Waals surface area contributed by atoms with Crippen molar-refractivity contribution in [2.45, 2.75) is 26.1 Å². The maximum absolute atomic E-state index is 13.5. The minimum absolute atomic E-state index is 0.101. The third-order valence-electron chi connectivity index (χ3n) is 5.95. The number of hydrogen-bond donors (Lipinski definition) is 1. The molecule has 1 N–H and O–H groups in total. The molecule has 5 rings (SSSR count). The van der Waals surface area contributed by atoms with E-state index in [4.69, 9.17) is 16.3 Å². The highest BCUT2D eigenvalue weighted by atomic mass is 35.5. The molecule has 3 heterocycles. The van der Waals surface area contributed by atoms with Gasteiger partial charge in [0.25, 0.3) is 5.56 Å². The molecule has 9 nitrogen and oxygen atoms in total. The highest BCUT2D eigenvalue weighted by molar-refractivity contribution is 6.30. The average Bonchev–Trinajstić information content (AvgIpc) is 3.21. The summed E-state index contributed by atoms with van der Waals surface area (Å²) in [6.07, 6.45) is -0.724. The topological polar surface area (TPSA) is 94.5 Å². The number of fused-ring (bicyclic) bond motifs is 3. The summed E-state index contributed by atoms with van der Waals surface area (Å²) in [6, 6.07) is 14.5. The lowest BCUT2D eigenvalue weighted by molar-refractivity contribution is 0.154. The van der Waals surface area contributed by atoms with Crippen LogP contribution >= 0.6 is 11.6 Å². The summed E-state index contributed by atoms with van der Waals surface area (Å²) in [4.78, 5) is 33.1. The van der Waals surface area contributed by atoms with Gasteiger partial charge in [-0.15, -0.1) is 0 Å². The predicted octanol–water partition coefficient (Wildman–Crippen LogP) is 2.51. The van der Waals surface area contributed by atoms with E-state index in [9.17, 15) is 14.7 Å². The molecular weight excluding hydrogens is 458 g/mol. The SMILES string of the molecule is CCOc1ccc(N2C[C@@H](O)Cn3c2nc2c3c(=O)n(Cc3ccc(Cl)cc3)c(=O)n2C)cc1. The Hall–Kier alpha value is -3.56. The number of hydrogen-bond acceptors (Lipinski definition) is 6. The van der Waals surface area contributed by atoms with E-state index >= 15 is 0 Å². The van der Waals surface area contributed by atoms with Crippen LogP contribution in [0.3, 0.4) is 0 Å². The van der Waals surface area contributed by atoms with Gasteiger partial charge in [-0.3, -0.25) is 13.9 Å². The van der Waals surface area contributed by atoms with Gasteiger partial charge in [0.05, 0.1) is 32.3 Å². The van der Waals surface area contributed by atoms with Gasteiger partial charge >= 0.3 is 5.69 Å². The van der Waals surface area contributed by atoms with Gasteiger partial charge < -0.3 is 19.3 Å². The minimum atomic E-state index is -0.724. The summed E-state index contributed by atoms with van der Waals surface area (Å²) in [5, 5.41) is 11.2. The summed E-state index contributed by atoms with van der Waals surface area (Å²) in [5.74, 6) is 1.24. The smallest absolute Gasteiger partial charge is 0.332 e. The van der Waals surface area contributed by atoms with Crippen molar-refractivity contribution in [3.63, 3.8) is 0 Å². The maximum Gasteiger partial charge on any atom is 0.332 e. The van der Waals surface area contributed by atoms with E-state index in [0.29, 0.717) is 24.1 Å². The molecule has 1 atom stereocenters. The lowest BCUT2D eigenvalue weighted by Gasteiger charge is -2.32. The number of benzene rings is 2. The van der Waals surface area contributed by atoms with Crippen LogP contribution in [0, 0.1) is 0 Å². The van der Waals surface area contributed by atoms with Gasteiger partial charge in [0.2, 0.25) is 5.95 Å². The Labute approximate surface area is 200 Å². The predicted molar refractivity (Wildman–Crippen MR) is 130 cm³/mol. The van der Waals surface area contributed by atoms with Crippen molar-refractivity contribution in [1.82, 2.24) is 18.7 Å². The first-order valence-electron chi connectivity index (χ1n) is 11.0. The fourth-order valence-electron chi connectivity index (χ4n) is 4.32. The largest absolute Gasteiger partial charge is 0.494 e. The number of rotatable bonds is 5. The van der Waals surface area contributed by atoms with Crippen molar-refractivity contribution < 1.29 is 9.84 Å². The molecule has 0 saturated carbocycles. The Morgan fingerprint density at radius 3 is 2.47 bits per heavy atom. The highest BCUT2D eigenvalue weighted by Crippen LogP contribution is 2.32. The van der Waals surface area contributed by atoms with E-state index in [2.05, 4.69) is 4.98 Å². The van der Waals surface area contributed by atoms with Crippen LogP contribution in [0.15, 0.2) is 58.1 Å². The number of aryl methyl sites for hydroxylation is 1. The first-order chi connectivity index (χ1) is 16.4. The maximum atomic E-state index is 13.5. The number of aromatic nitrogens is 4. The third-order valence-corrected chi connectivity index (χ3v) is 6.21. The number of ether oxygens (including phenoxy) is 1. The summed E-state index contributed by atoms with van der Waals surface area (Å²) in [7, 11) is 1.60. The molecule has 0 aliphatic carbocycles. The Balaban J connectivity index is 1.65. The van der Waals surface area contributed by atoms with Crippen molar-refractivity contribution in [2.75, 3.05) is 18.1 Å². The first kappa shape index (κ1) is 22.2. The van der Waals surface area contributed by atoms with Crippen LogP contribution in [0.5, 0.6) is 5.75 Å². The van der Waals surface area contributed by atoms with Crippen molar-refractivity contribution >= 4 is 34.4 Å². The zero-order valence-corrected chi connectivity index (χ0v) is 19.6. The Morgan fingerprint density at radius 1 is 1.09 bits per heavy atom. The van der Waals surface area contributed by atoms with E-state index in [1.165, 1.54) is 9.13 Å². The van der Waals surface area contributed by atoms with E-state index in [1.807, 2.05) is 36.1 Å². The van der Waals surface area contributed by atoms with Crippen molar-refractivity contribution in [3.05, 3.63) is 80.0 Å². The molecule has 0 spiro atoms. The molecule has 0 unspecified atom stereocenters. The average molecular weight is 482 g/mol. The van der Waals surface area contributed by atoms with Gasteiger partial charge in [-0.25, -0.2) is 4.79 Å². The number of halogens is 1. The number of anilines is 2. The molecule has 2 aromatic heterocycles. The van der Waals surface area contributed by atoms with Gasteiger partial charge in [0.15, 0.2) is 11.2 Å². The molecule has 10 heteroatoms. The molecule has 0 saturated heterocycles. The summed E-state index contributed by atoms with van der Waals surface area (Å²) in [6.45, 7) is 3.09. The zero-order chi connectivity index (χ0) is 24.0. The van der Waals surface area contributed by atoms with Crippen LogP contribution in [0.2, 0.25) is 5.02 Å². The first-order valence-corrected chi connectivity index (χ1v) is 11.4. The lowest BCUT2D eigenvalue weighted by atomic mass is 10.2. The van der Waals surface area contributed by atoms with E-state index in [0.717, 1.165) is 17.0 Å². The number of imidazole rings is 1. The molecule has 0 amide bonds. The molecular formula is C24H24ClN5O4. The Kier molecular flexibility index (Phi) is 5.66. The van der Waals surface area contributed by atoms with Gasteiger partial charge in [0.1, 0.15) is 5.75 Å². The lowest BCUT2D eigenvalue weighted by Crippen LogP contribution is -2.41. The van der Waals surface area contributed by atoms with E-state index < -0.39 is 17.4 Å². The van der Waals surface area contributed by atoms with Crippen LogP contribution in [0.25, 0.3) is 11.2 Å². The van der Waals surface area contributed by atoms with Crippen molar-refractivity contribution in [3.8, 4) is 5.75 Å². The molecule has 0 fully saturated rings. The normalized spacial score (nSPS) is 15.5. The van der Waals surface area contributed by atoms with Gasteiger partial charge in [-0.1, -0.05) is 23.7 Å². The van der Waals surface area contributed by atoms with Gasteiger partial charge in [0, 0.05) is 17.8 Å². The number of nitrogens with zero attached hydrogens (tertiary/aromatic N) is 5. The third kappa shape index (κ3) is 3.76. The van der Waals surface area contributed by atoms with E-state index in [1.54, 1.807) is 35.9 Å². The highest BCUT2D eigenvalue weighted by Gasteiger charge is 2.30. The molecule has 0 bridgehead atoms. The van der Waals surface area contributed by atoms with Crippen molar-refractivity contribution in [1.29, 1.82) is 0 Å². The molecule has 1 aliphatic rings. The fourth-order valence-corrected chi connectivity index (χ4v) is 4.45. The fraction of sp³-hybridized carbons (Fsp3) is 0.292. The molecule has 0 radical (unpaired) electrons. The second-order valence-corrected chi connectivity index (χ2v) is 8.68. The summed E-state index contributed by atoms with van der Waals surface area (Å²) in [5.41, 5.74) is 1.22. The summed E-state index contributed by atoms with van der Waals surface area (Å²) >= 11 is 5.97. The molecule has 2 aromatic carbocycles. The number of aliphatic hydroxyl groups excluding tert-OH is 1. The Bertz CT molecular complexity index is 1470. The molecule has 1 aliphatic heterocycles. The van der Waals surface area contributed by atoms with E-state index in [-0.39, 0.29) is 24.3 Å². The Morgan fingerprint density at radius 2 is 1.79 bits per heavy atom. The van der Waals surface area contributed by atoms with Crippen LogP contribution < -0.4 is 20.9 Å². The van der Waals surface area contributed by atoms with Crippen LogP contribution in [-0.4, -0.2) is 43.0 Å². The second kappa shape index (κ2) is 8.66. The van der Waals surface area contributed by atoms with Gasteiger partial charge in [-0.05, 0) is 48.9 Å². The van der Waals surface area contributed by atoms with Crippen LogP contribution in [0.1, 0.15) is 12.5 Å². The molecule has 4 aromatic rings. The standard InChI is InChI=1S/C24H24ClN5O4/c1-3-34-19-10-8-17(9-11-19)28-13-18(31)14-29-20-21(26-23(28)29)27(2)24(33)30(22(20)32)12-15-4-6-16(25)7-5-15/h4-11,18,31H,3,12-14H2,1-2H3/t18-/m1/s1. The van der Waals surface area contributed by atoms with Crippen molar-refractivity contribution in [2.24, 2.45) is 7.05 Å². The summed E-state index contributed by atoms with van der Waals surface area (Å²) < 4.78 is 9.78. The second-order valence-electron chi connectivity index (χ2n) is 8.25.